The monoisotopic (exact) mass is 256 g/mol. The Balaban J connectivity index is 2.80. The highest BCUT2D eigenvalue weighted by Crippen LogP contribution is 2.50. The van der Waals surface area contributed by atoms with Crippen molar-refractivity contribution in [2.45, 2.75) is 32.3 Å². The maximum atomic E-state index is 12.3. The lowest BCUT2D eigenvalue weighted by atomic mass is 10.1. The van der Waals surface area contributed by atoms with Gasteiger partial charge in [-0.15, -0.1) is 0 Å². The average molecular weight is 256 g/mol. The zero-order chi connectivity index (χ0) is 12.9. The van der Waals surface area contributed by atoms with Crippen molar-refractivity contribution in [3.63, 3.8) is 0 Å². The van der Waals surface area contributed by atoms with E-state index in [1.165, 1.54) is 0 Å². The molecule has 1 rings (SSSR count). The first-order valence-corrected chi connectivity index (χ1v) is 8.13. The molecule has 0 radical (unpaired) electrons. The molecule has 0 saturated heterocycles. The zero-order valence-electron chi connectivity index (χ0n) is 10.7. The Kier molecular flexibility index (Phi) is 5.23. The van der Waals surface area contributed by atoms with Crippen LogP contribution in [0.4, 0.5) is 0 Å². The van der Waals surface area contributed by atoms with E-state index in [9.17, 15) is 9.67 Å². The van der Waals surface area contributed by atoms with Crippen LogP contribution in [0.5, 0.6) is 5.75 Å². The Labute approximate surface area is 103 Å². The van der Waals surface area contributed by atoms with Gasteiger partial charge in [-0.05, 0) is 37.5 Å². The molecule has 17 heavy (non-hydrogen) atoms. The molecule has 0 aliphatic heterocycles. The number of phenolic OH excluding ortho intramolecular Hbond substituents is 1. The van der Waals surface area contributed by atoms with Crippen LogP contribution in [0.15, 0.2) is 24.3 Å². The number of phenols is 1. The van der Waals surface area contributed by atoms with Crippen LogP contribution in [0.2, 0.25) is 0 Å². The third-order valence-corrected chi connectivity index (χ3v) is 5.55. The van der Waals surface area contributed by atoms with Crippen LogP contribution in [0.1, 0.15) is 25.8 Å². The van der Waals surface area contributed by atoms with Gasteiger partial charge in [0.1, 0.15) is 5.75 Å². The van der Waals surface area contributed by atoms with Gasteiger partial charge >= 0.3 is 0 Å². The van der Waals surface area contributed by atoms with Gasteiger partial charge in [0, 0.05) is 12.3 Å². The molecule has 0 fully saturated rings. The van der Waals surface area contributed by atoms with Gasteiger partial charge in [-0.1, -0.05) is 19.1 Å². The van der Waals surface area contributed by atoms with Crippen LogP contribution in [-0.4, -0.2) is 24.0 Å². The number of hydrogen-bond acceptors (Lipinski definition) is 3. The second-order valence-electron chi connectivity index (χ2n) is 4.26. The fourth-order valence-electron chi connectivity index (χ4n) is 1.96. The van der Waals surface area contributed by atoms with Crippen LogP contribution in [0, 0.1) is 0 Å². The molecule has 2 atom stereocenters. The van der Waals surface area contributed by atoms with Gasteiger partial charge in [-0.25, -0.2) is 0 Å². The fourth-order valence-corrected chi connectivity index (χ4v) is 3.89. The summed E-state index contributed by atoms with van der Waals surface area (Å²) in [5.74, 6) is 0.250. The second kappa shape index (κ2) is 6.23. The Morgan fingerprint density at radius 2 is 2.12 bits per heavy atom. The van der Waals surface area contributed by atoms with E-state index in [-0.39, 0.29) is 11.4 Å². The number of benzene rings is 1. The van der Waals surface area contributed by atoms with Crippen LogP contribution in [0.3, 0.4) is 0 Å². The largest absolute Gasteiger partial charge is 0.508 e. The van der Waals surface area contributed by atoms with Crippen LogP contribution < -0.4 is 0 Å². The number of hydrogen-bond donors (Lipinski definition) is 1. The second-order valence-corrected chi connectivity index (χ2v) is 7.07. The van der Waals surface area contributed by atoms with Crippen molar-refractivity contribution < 1.29 is 14.2 Å². The molecule has 0 aromatic heterocycles. The number of rotatable bonds is 6. The molecular formula is C13H21O3P. The Morgan fingerprint density at radius 1 is 1.41 bits per heavy atom. The minimum absolute atomic E-state index is 0.0178. The summed E-state index contributed by atoms with van der Waals surface area (Å²) in [7, 11) is -2.56. The van der Waals surface area contributed by atoms with E-state index in [2.05, 4.69) is 0 Å². The molecule has 4 heteroatoms. The van der Waals surface area contributed by atoms with Gasteiger partial charge in [0.15, 0.2) is 0 Å². The normalized spacial score (nSPS) is 16.4. The summed E-state index contributed by atoms with van der Waals surface area (Å²) in [5, 5.41) is 9.40. The van der Waals surface area contributed by atoms with Crippen molar-refractivity contribution in [2.75, 3.05) is 13.3 Å². The van der Waals surface area contributed by atoms with Crippen LogP contribution in [0.25, 0.3) is 0 Å². The summed E-state index contributed by atoms with van der Waals surface area (Å²) in [4.78, 5) is 0. The summed E-state index contributed by atoms with van der Waals surface area (Å²) in [6.07, 6.45) is 1.49. The van der Waals surface area contributed by atoms with Gasteiger partial charge < -0.3 is 9.63 Å². The highest BCUT2D eigenvalue weighted by atomic mass is 31.2. The van der Waals surface area contributed by atoms with Crippen molar-refractivity contribution >= 4 is 7.37 Å². The topological polar surface area (TPSA) is 46.5 Å². The minimum atomic E-state index is -2.56. The predicted octanol–water partition coefficient (Wildman–Crippen LogP) is 3.66. The predicted molar refractivity (Wildman–Crippen MR) is 71.0 cm³/mol. The molecule has 0 aliphatic carbocycles. The van der Waals surface area contributed by atoms with Gasteiger partial charge in [-0.3, -0.25) is 4.57 Å². The maximum Gasteiger partial charge on any atom is 0.203 e. The van der Waals surface area contributed by atoms with Crippen molar-refractivity contribution in [3.8, 4) is 5.75 Å². The molecule has 1 unspecified atom stereocenters. The van der Waals surface area contributed by atoms with E-state index in [4.69, 9.17) is 4.52 Å². The van der Waals surface area contributed by atoms with E-state index < -0.39 is 7.37 Å². The summed E-state index contributed by atoms with van der Waals surface area (Å²) in [6, 6.07) is 7.10. The molecule has 0 amide bonds. The van der Waals surface area contributed by atoms with E-state index in [1.54, 1.807) is 24.9 Å². The van der Waals surface area contributed by atoms with Crippen molar-refractivity contribution in [1.29, 1.82) is 0 Å². The smallest absolute Gasteiger partial charge is 0.203 e. The molecule has 3 nitrogen and oxygen atoms in total. The van der Waals surface area contributed by atoms with Gasteiger partial charge in [-0.2, -0.15) is 0 Å². The molecule has 1 aromatic carbocycles. The van der Waals surface area contributed by atoms with Crippen molar-refractivity contribution in [1.82, 2.24) is 0 Å². The lowest BCUT2D eigenvalue weighted by molar-refractivity contribution is 0.328. The Hall–Kier alpha value is -0.790. The van der Waals surface area contributed by atoms with Gasteiger partial charge in [0.25, 0.3) is 0 Å². The third kappa shape index (κ3) is 4.18. The Morgan fingerprint density at radius 3 is 2.65 bits per heavy atom. The molecule has 0 aliphatic rings. The fraction of sp³-hybridized carbons (Fsp3) is 0.538. The SMILES string of the molecule is CCOP(C)(=O)[C@@H](CC)Cc1cccc(O)c1. The first-order valence-electron chi connectivity index (χ1n) is 5.99. The molecule has 0 spiro atoms. The quantitative estimate of drug-likeness (QED) is 0.790. The minimum Gasteiger partial charge on any atom is -0.508 e. The summed E-state index contributed by atoms with van der Waals surface area (Å²) in [6.45, 7) is 6.05. The molecule has 1 N–H and O–H groups in total. The molecule has 1 aromatic rings. The first kappa shape index (κ1) is 14.3. The zero-order valence-corrected chi connectivity index (χ0v) is 11.6. The highest BCUT2D eigenvalue weighted by molar-refractivity contribution is 7.58. The summed E-state index contributed by atoms with van der Waals surface area (Å²) in [5.41, 5.74) is 1.02. The van der Waals surface area contributed by atoms with E-state index in [1.807, 2.05) is 19.9 Å². The average Bonchev–Trinajstić information content (AvgIpc) is 2.25. The number of aromatic hydroxyl groups is 1. The van der Waals surface area contributed by atoms with Crippen LogP contribution in [-0.2, 0) is 15.5 Å². The third-order valence-electron chi connectivity index (χ3n) is 2.90. The van der Waals surface area contributed by atoms with Crippen LogP contribution >= 0.6 is 7.37 Å². The highest BCUT2D eigenvalue weighted by Gasteiger charge is 2.27. The van der Waals surface area contributed by atoms with E-state index in [0.29, 0.717) is 13.0 Å². The van der Waals surface area contributed by atoms with Gasteiger partial charge in [0.05, 0.1) is 6.61 Å². The summed E-state index contributed by atoms with van der Waals surface area (Å²) >= 11 is 0. The van der Waals surface area contributed by atoms with E-state index in [0.717, 1.165) is 12.0 Å². The lowest BCUT2D eigenvalue weighted by Gasteiger charge is -2.23. The molecule has 0 heterocycles. The van der Waals surface area contributed by atoms with Crippen molar-refractivity contribution in [3.05, 3.63) is 29.8 Å². The standard InChI is InChI=1S/C13H21O3P/c1-4-13(17(3,15)16-5-2)10-11-7-6-8-12(14)9-11/h6-9,13-14H,4-5,10H2,1-3H3/t13-,17?/m0/s1. The first-order chi connectivity index (χ1) is 7.99. The molecular weight excluding hydrogens is 235 g/mol. The lowest BCUT2D eigenvalue weighted by Crippen LogP contribution is -2.12. The Bertz CT molecular complexity index is 403. The molecule has 0 saturated carbocycles. The summed E-state index contributed by atoms with van der Waals surface area (Å²) < 4.78 is 17.7. The molecule has 96 valence electrons. The van der Waals surface area contributed by atoms with Gasteiger partial charge in [0.2, 0.25) is 7.37 Å². The van der Waals surface area contributed by atoms with E-state index >= 15 is 0 Å². The maximum absolute atomic E-state index is 12.3. The molecule has 0 bridgehead atoms. The van der Waals surface area contributed by atoms with Crippen molar-refractivity contribution in [2.24, 2.45) is 0 Å².